The highest BCUT2D eigenvalue weighted by atomic mass is 16.5. The van der Waals surface area contributed by atoms with Crippen LogP contribution in [0.25, 0.3) is 10.9 Å². The Morgan fingerprint density at radius 2 is 2.00 bits per heavy atom. The number of hydrogen-bond donors (Lipinski definition) is 1. The van der Waals surface area contributed by atoms with Crippen LogP contribution in [0.4, 0.5) is 5.69 Å². The molecule has 5 nitrogen and oxygen atoms in total. The Labute approximate surface area is 136 Å². The Balaban J connectivity index is 1.74. The number of amides is 1. The number of fused-ring (bicyclic) bond motifs is 1. The standard InChI is InChI=1S/C18H23N3O2/c1-18(2,13-21-9-11-23-12-10-21)17(22)20-15-7-3-5-14-6-4-8-19-16(14)15/h3-8H,9-13H2,1-2H3,(H,20,22). The molecule has 23 heavy (non-hydrogen) atoms. The molecular formula is C18H23N3O2. The molecule has 1 aromatic heterocycles. The minimum absolute atomic E-state index is 0.0159. The van der Waals surface area contributed by atoms with Crippen molar-refractivity contribution in [2.24, 2.45) is 5.41 Å². The van der Waals surface area contributed by atoms with Crippen molar-refractivity contribution in [3.05, 3.63) is 36.5 Å². The third kappa shape index (κ3) is 3.68. The van der Waals surface area contributed by atoms with Gasteiger partial charge in [-0.3, -0.25) is 14.7 Å². The lowest BCUT2D eigenvalue weighted by Crippen LogP contribution is -2.46. The Kier molecular flexibility index (Phi) is 4.59. The predicted octanol–water partition coefficient (Wildman–Crippen LogP) is 2.53. The first-order valence-electron chi connectivity index (χ1n) is 8.01. The zero-order valence-corrected chi connectivity index (χ0v) is 13.7. The molecule has 0 atom stereocenters. The summed E-state index contributed by atoms with van der Waals surface area (Å²) in [6, 6.07) is 9.73. The maximum absolute atomic E-state index is 12.8. The first-order chi connectivity index (χ1) is 11.1. The molecule has 0 unspecified atom stereocenters. The highest BCUT2D eigenvalue weighted by molar-refractivity contribution is 6.02. The smallest absolute Gasteiger partial charge is 0.231 e. The van der Waals surface area contributed by atoms with Gasteiger partial charge in [0.2, 0.25) is 5.91 Å². The van der Waals surface area contributed by atoms with E-state index in [0.29, 0.717) is 0 Å². The molecule has 0 bridgehead atoms. The van der Waals surface area contributed by atoms with Gasteiger partial charge in [0.25, 0.3) is 0 Å². The number of anilines is 1. The molecule has 122 valence electrons. The number of nitrogens with one attached hydrogen (secondary N) is 1. The molecule has 0 saturated carbocycles. The molecule has 5 heteroatoms. The van der Waals surface area contributed by atoms with Crippen molar-refractivity contribution in [2.75, 3.05) is 38.2 Å². The maximum atomic E-state index is 12.8. The number of para-hydroxylation sites is 1. The fourth-order valence-corrected chi connectivity index (χ4v) is 2.89. The van der Waals surface area contributed by atoms with E-state index in [4.69, 9.17) is 4.74 Å². The van der Waals surface area contributed by atoms with Crippen molar-refractivity contribution in [3.8, 4) is 0 Å². The number of rotatable bonds is 4. The summed E-state index contributed by atoms with van der Waals surface area (Å²) < 4.78 is 5.37. The lowest BCUT2D eigenvalue weighted by atomic mass is 9.91. The molecule has 1 fully saturated rings. The van der Waals surface area contributed by atoms with E-state index in [1.54, 1.807) is 6.20 Å². The molecule has 1 aromatic carbocycles. The minimum Gasteiger partial charge on any atom is -0.379 e. The van der Waals surface area contributed by atoms with Crippen molar-refractivity contribution in [3.63, 3.8) is 0 Å². The normalized spacial score (nSPS) is 16.4. The number of carbonyl (C=O) groups is 1. The zero-order chi connectivity index (χ0) is 16.3. The molecule has 0 spiro atoms. The van der Waals surface area contributed by atoms with Gasteiger partial charge in [-0.2, -0.15) is 0 Å². The molecule has 3 rings (SSSR count). The van der Waals surface area contributed by atoms with Crippen LogP contribution in [0.15, 0.2) is 36.5 Å². The fourth-order valence-electron chi connectivity index (χ4n) is 2.89. The molecule has 1 saturated heterocycles. The maximum Gasteiger partial charge on any atom is 0.231 e. The fraction of sp³-hybridized carbons (Fsp3) is 0.444. The zero-order valence-electron chi connectivity index (χ0n) is 13.7. The average Bonchev–Trinajstić information content (AvgIpc) is 2.55. The van der Waals surface area contributed by atoms with E-state index in [1.807, 2.05) is 44.2 Å². The van der Waals surface area contributed by atoms with E-state index in [1.165, 1.54) is 0 Å². The first-order valence-corrected chi connectivity index (χ1v) is 8.01. The third-order valence-electron chi connectivity index (χ3n) is 4.22. The Bertz CT molecular complexity index is 688. The van der Waals surface area contributed by atoms with Crippen molar-refractivity contribution in [1.82, 2.24) is 9.88 Å². The van der Waals surface area contributed by atoms with Crippen LogP contribution in [0.1, 0.15) is 13.8 Å². The monoisotopic (exact) mass is 313 g/mol. The van der Waals surface area contributed by atoms with Crippen molar-refractivity contribution >= 4 is 22.5 Å². The van der Waals surface area contributed by atoms with Crippen LogP contribution in [0.5, 0.6) is 0 Å². The predicted molar refractivity (Wildman–Crippen MR) is 91.4 cm³/mol. The number of hydrogen-bond acceptors (Lipinski definition) is 4. The summed E-state index contributed by atoms with van der Waals surface area (Å²) in [5.74, 6) is 0.0159. The van der Waals surface area contributed by atoms with Crippen molar-refractivity contribution < 1.29 is 9.53 Å². The van der Waals surface area contributed by atoms with Crippen LogP contribution in [0.3, 0.4) is 0 Å². The molecule has 2 aromatic rings. The molecular weight excluding hydrogens is 290 g/mol. The van der Waals surface area contributed by atoms with Gasteiger partial charge in [0.1, 0.15) is 0 Å². The molecule has 1 aliphatic heterocycles. The van der Waals surface area contributed by atoms with Gasteiger partial charge in [-0.1, -0.05) is 18.2 Å². The lowest BCUT2D eigenvalue weighted by Gasteiger charge is -2.33. The topological polar surface area (TPSA) is 54.5 Å². The van der Waals surface area contributed by atoms with Gasteiger partial charge in [-0.15, -0.1) is 0 Å². The molecule has 1 N–H and O–H groups in total. The number of benzene rings is 1. The summed E-state index contributed by atoms with van der Waals surface area (Å²) in [4.78, 5) is 19.4. The third-order valence-corrected chi connectivity index (χ3v) is 4.22. The van der Waals surface area contributed by atoms with Gasteiger partial charge in [0.15, 0.2) is 0 Å². The number of ether oxygens (including phenoxy) is 1. The van der Waals surface area contributed by atoms with Crippen molar-refractivity contribution in [1.29, 1.82) is 0 Å². The van der Waals surface area contributed by atoms with Crippen LogP contribution in [0, 0.1) is 5.41 Å². The molecule has 1 aliphatic rings. The number of nitrogens with zero attached hydrogens (tertiary/aromatic N) is 2. The van der Waals surface area contributed by atoms with Gasteiger partial charge in [0, 0.05) is 31.2 Å². The van der Waals surface area contributed by atoms with E-state index < -0.39 is 5.41 Å². The average molecular weight is 313 g/mol. The van der Waals surface area contributed by atoms with E-state index in [9.17, 15) is 4.79 Å². The van der Waals surface area contributed by atoms with Gasteiger partial charge in [-0.05, 0) is 26.0 Å². The molecule has 1 amide bonds. The highest BCUT2D eigenvalue weighted by Crippen LogP contribution is 2.25. The summed E-state index contributed by atoms with van der Waals surface area (Å²) in [5, 5.41) is 4.08. The number of morpholine rings is 1. The van der Waals surface area contributed by atoms with Crippen LogP contribution >= 0.6 is 0 Å². The summed E-state index contributed by atoms with van der Waals surface area (Å²) in [5.41, 5.74) is 1.11. The van der Waals surface area contributed by atoms with Gasteiger partial charge in [-0.25, -0.2) is 0 Å². The molecule has 0 radical (unpaired) electrons. The summed E-state index contributed by atoms with van der Waals surface area (Å²) in [6.07, 6.45) is 1.75. The second-order valence-corrected chi connectivity index (χ2v) is 6.61. The van der Waals surface area contributed by atoms with E-state index in [2.05, 4.69) is 15.2 Å². The van der Waals surface area contributed by atoms with Gasteiger partial charge >= 0.3 is 0 Å². The quantitative estimate of drug-likeness (QED) is 0.942. The highest BCUT2D eigenvalue weighted by Gasteiger charge is 2.31. The number of aromatic nitrogens is 1. The Morgan fingerprint density at radius 1 is 1.26 bits per heavy atom. The summed E-state index contributed by atoms with van der Waals surface area (Å²) >= 11 is 0. The van der Waals surface area contributed by atoms with Crippen LogP contribution < -0.4 is 5.32 Å². The lowest BCUT2D eigenvalue weighted by molar-refractivity contribution is -0.125. The van der Waals surface area contributed by atoms with Crippen LogP contribution in [-0.2, 0) is 9.53 Å². The molecule has 2 heterocycles. The van der Waals surface area contributed by atoms with Gasteiger partial charge in [0.05, 0.1) is 29.8 Å². The second-order valence-electron chi connectivity index (χ2n) is 6.61. The van der Waals surface area contributed by atoms with E-state index >= 15 is 0 Å². The first kappa shape index (κ1) is 15.9. The number of carbonyl (C=O) groups excluding carboxylic acids is 1. The second kappa shape index (κ2) is 6.64. The SMILES string of the molecule is CC(C)(CN1CCOCC1)C(=O)Nc1cccc2cccnc12. The van der Waals surface area contributed by atoms with Gasteiger partial charge < -0.3 is 10.1 Å². The van der Waals surface area contributed by atoms with E-state index in [0.717, 1.165) is 49.4 Å². The largest absolute Gasteiger partial charge is 0.379 e. The van der Waals surface area contributed by atoms with Crippen molar-refractivity contribution in [2.45, 2.75) is 13.8 Å². The Morgan fingerprint density at radius 3 is 2.78 bits per heavy atom. The minimum atomic E-state index is -0.478. The van der Waals surface area contributed by atoms with E-state index in [-0.39, 0.29) is 5.91 Å². The van der Waals surface area contributed by atoms with Crippen LogP contribution in [-0.4, -0.2) is 48.6 Å². The molecule has 0 aliphatic carbocycles. The van der Waals surface area contributed by atoms with Crippen LogP contribution in [0.2, 0.25) is 0 Å². The Hall–Kier alpha value is -1.98. The summed E-state index contributed by atoms with van der Waals surface area (Å²) in [7, 11) is 0. The summed E-state index contributed by atoms with van der Waals surface area (Å²) in [6.45, 7) is 7.93. The number of pyridine rings is 1.